The van der Waals surface area contributed by atoms with Crippen molar-refractivity contribution in [2.45, 2.75) is 44.9 Å². The van der Waals surface area contributed by atoms with E-state index >= 15 is 0 Å². The van der Waals surface area contributed by atoms with Crippen LogP contribution in [0.3, 0.4) is 0 Å². The van der Waals surface area contributed by atoms with E-state index in [9.17, 15) is 9.59 Å². The molecule has 1 aliphatic carbocycles. The predicted molar refractivity (Wildman–Crippen MR) is 89.0 cm³/mol. The van der Waals surface area contributed by atoms with Crippen LogP contribution in [0.2, 0.25) is 0 Å². The van der Waals surface area contributed by atoms with Crippen LogP contribution in [0.4, 0.5) is 0 Å². The molecule has 0 fully saturated rings. The van der Waals surface area contributed by atoms with Gasteiger partial charge in [0.15, 0.2) is 5.79 Å². The largest absolute Gasteiger partial charge is 0.346 e. The Labute approximate surface area is 142 Å². The molecule has 5 heteroatoms. The van der Waals surface area contributed by atoms with Crippen molar-refractivity contribution >= 4 is 11.8 Å². The Morgan fingerprint density at radius 3 is 2.21 bits per heavy atom. The van der Waals surface area contributed by atoms with E-state index in [1.165, 1.54) is 17.1 Å². The number of carbonyl (C=O) groups is 2. The predicted octanol–water partition coefficient (Wildman–Crippen LogP) is 3.06. The van der Waals surface area contributed by atoms with Crippen LogP contribution in [-0.2, 0) is 24.8 Å². The molecular weight excluding hydrogens is 306 g/mol. The van der Waals surface area contributed by atoms with Gasteiger partial charge in [0.05, 0.1) is 19.3 Å². The van der Waals surface area contributed by atoms with Crippen molar-refractivity contribution in [3.63, 3.8) is 0 Å². The summed E-state index contributed by atoms with van der Waals surface area (Å²) in [6.45, 7) is 5.21. The maximum absolute atomic E-state index is 12.2. The molecule has 1 aromatic rings. The smallest absolute Gasteiger partial charge is 0.254 e. The van der Waals surface area contributed by atoms with Gasteiger partial charge in [-0.1, -0.05) is 38.1 Å². The molecule has 0 aromatic heterocycles. The number of hydrogen-bond donors (Lipinski definition) is 0. The van der Waals surface area contributed by atoms with Gasteiger partial charge in [-0.05, 0) is 18.4 Å². The topological polar surface area (TPSA) is 55.8 Å². The molecule has 3 rings (SSSR count). The number of fused-ring (bicyclic) bond motifs is 1. The molecule has 0 unspecified atom stereocenters. The monoisotopic (exact) mass is 329 g/mol. The van der Waals surface area contributed by atoms with E-state index in [1.807, 2.05) is 38.1 Å². The zero-order valence-corrected chi connectivity index (χ0v) is 14.2. The van der Waals surface area contributed by atoms with Gasteiger partial charge in [0, 0.05) is 24.1 Å². The molecule has 1 aliphatic heterocycles. The third-order valence-electron chi connectivity index (χ3n) is 4.43. The van der Waals surface area contributed by atoms with Crippen LogP contribution in [0, 0.1) is 0 Å². The Balaban J connectivity index is 2.00. The highest BCUT2D eigenvalue weighted by atomic mass is 16.7. The van der Waals surface area contributed by atoms with Crippen LogP contribution < -0.4 is 0 Å². The molecule has 2 amide bonds. The van der Waals surface area contributed by atoms with Crippen LogP contribution in [0.5, 0.6) is 0 Å². The van der Waals surface area contributed by atoms with E-state index in [0.717, 1.165) is 24.0 Å². The lowest BCUT2D eigenvalue weighted by atomic mass is 10.1. The third kappa shape index (κ3) is 2.78. The number of carbonyl (C=O) groups excluding carboxylic acids is 2. The number of amides is 2. The summed E-state index contributed by atoms with van der Waals surface area (Å²) in [4.78, 5) is 25.6. The molecule has 128 valence electrons. The molecule has 0 saturated heterocycles. The number of imide groups is 1. The lowest BCUT2D eigenvalue weighted by molar-refractivity contribution is -0.249. The van der Waals surface area contributed by atoms with Crippen LogP contribution >= 0.6 is 0 Å². The fourth-order valence-electron chi connectivity index (χ4n) is 3.41. The highest BCUT2D eigenvalue weighted by Gasteiger charge is 2.50. The fourth-order valence-corrected chi connectivity index (χ4v) is 3.41. The van der Waals surface area contributed by atoms with Crippen molar-refractivity contribution in [1.29, 1.82) is 0 Å². The highest BCUT2D eigenvalue weighted by molar-refractivity contribution is 6.13. The van der Waals surface area contributed by atoms with E-state index in [-0.39, 0.29) is 17.9 Å². The van der Waals surface area contributed by atoms with Gasteiger partial charge in [0.2, 0.25) is 0 Å². The van der Waals surface area contributed by atoms with Gasteiger partial charge >= 0.3 is 0 Å². The molecule has 0 saturated carbocycles. The standard InChI is InChI=1S/C19H23NO4/c1-3-11-23-19(24-12-4-2)13-16(14-7-5-6-8-15(14)19)20-17(21)9-10-18(20)22/h5-10,16H,3-4,11-13H2,1-2H3/t16-/m0/s1. The van der Waals surface area contributed by atoms with Gasteiger partial charge in [-0.2, -0.15) is 0 Å². The Kier molecular flexibility index (Phi) is 4.83. The van der Waals surface area contributed by atoms with Gasteiger partial charge in [-0.25, -0.2) is 0 Å². The van der Waals surface area contributed by atoms with Gasteiger partial charge in [-0.15, -0.1) is 0 Å². The van der Waals surface area contributed by atoms with Crippen molar-refractivity contribution in [1.82, 2.24) is 4.90 Å². The van der Waals surface area contributed by atoms with Crippen molar-refractivity contribution in [2.24, 2.45) is 0 Å². The zero-order chi connectivity index (χ0) is 17.2. The molecule has 24 heavy (non-hydrogen) atoms. The van der Waals surface area contributed by atoms with Gasteiger partial charge in [-0.3, -0.25) is 14.5 Å². The minimum atomic E-state index is -0.892. The Hall–Kier alpha value is -1.98. The molecular formula is C19H23NO4. The van der Waals surface area contributed by atoms with Crippen molar-refractivity contribution in [3.8, 4) is 0 Å². The normalized spacial score (nSPS) is 21.6. The molecule has 2 aliphatic rings. The van der Waals surface area contributed by atoms with E-state index in [4.69, 9.17) is 9.47 Å². The summed E-state index contributed by atoms with van der Waals surface area (Å²) in [6, 6.07) is 7.42. The third-order valence-corrected chi connectivity index (χ3v) is 4.43. The summed E-state index contributed by atoms with van der Waals surface area (Å²) in [6.07, 6.45) is 4.82. The van der Waals surface area contributed by atoms with E-state index in [2.05, 4.69) is 0 Å². The minimum Gasteiger partial charge on any atom is -0.346 e. The molecule has 1 atom stereocenters. The second-order valence-electron chi connectivity index (χ2n) is 6.14. The Morgan fingerprint density at radius 2 is 1.62 bits per heavy atom. The lowest BCUT2D eigenvalue weighted by Crippen LogP contribution is -2.36. The van der Waals surface area contributed by atoms with Crippen molar-refractivity contribution in [3.05, 3.63) is 47.5 Å². The average Bonchev–Trinajstić information content (AvgIpc) is 3.09. The molecule has 1 heterocycles. The maximum Gasteiger partial charge on any atom is 0.254 e. The summed E-state index contributed by atoms with van der Waals surface area (Å²) in [5.74, 6) is -1.45. The van der Waals surface area contributed by atoms with Crippen LogP contribution in [-0.4, -0.2) is 29.9 Å². The molecule has 0 radical (unpaired) electrons. The first-order valence-corrected chi connectivity index (χ1v) is 8.55. The van der Waals surface area contributed by atoms with Crippen LogP contribution in [0.25, 0.3) is 0 Å². The zero-order valence-electron chi connectivity index (χ0n) is 14.2. The first-order valence-electron chi connectivity index (χ1n) is 8.55. The Bertz CT molecular complexity index is 641. The van der Waals surface area contributed by atoms with E-state index in [1.54, 1.807) is 0 Å². The number of ether oxygens (including phenoxy) is 2. The summed E-state index contributed by atoms with van der Waals surface area (Å²) in [5.41, 5.74) is 1.85. The molecule has 0 N–H and O–H groups in total. The lowest BCUT2D eigenvalue weighted by Gasteiger charge is -2.32. The summed E-state index contributed by atoms with van der Waals surface area (Å²) in [5, 5.41) is 0. The summed E-state index contributed by atoms with van der Waals surface area (Å²) >= 11 is 0. The molecule has 1 aromatic carbocycles. The quantitative estimate of drug-likeness (QED) is 0.570. The van der Waals surface area contributed by atoms with Crippen molar-refractivity contribution in [2.75, 3.05) is 13.2 Å². The van der Waals surface area contributed by atoms with Crippen molar-refractivity contribution < 1.29 is 19.1 Å². The first kappa shape index (κ1) is 16.9. The van der Waals surface area contributed by atoms with Gasteiger partial charge in [0.1, 0.15) is 0 Å². The fraction of sp³-hybridized carbons (Fsp3) is 0.474. The van der Waals surface area contributed by atoms with Crippen LogP contribution in [0.15, 0.2) is 36.4 Å². The average molecular weight is 329 g/mol. The van der Waals surface area contributed by atoms with Crippen LogP contribution in [0.1, 0.15) is 50.3 Å². The second kappa shape index (κ2) is 6.87. The van der Waals surface area contributed by atoms with E-state index in [0.29, 0.717) is 19.6 Å². The van der Waals surface area contributed by atoms with E-state index < -0.39 is 5.79 Å². The number of benzene rings is 1. The summed E-state index contributed by atoms with van der Waals surface area (Å²) < 4.78 is 12.3. The summed E-state index contributed by atoms with van der Waals surface area (Å²) in [7, 11) is 0. The molecule has 5 nitrogen and oxygen atoms in total. The number of hydrogen-bond acceptors (Lipinski definition) is 4. The van der Waals surface area contributed by atoms with Gasteiger partial charge in [0.25, 0.3) is 11.8 Å². The first-order chi connectivity index (χ1) is 11.6. The highest BCUT2D eigenvalue weighted by Crippen LogP contribution is 2.49. The number of nitrogens with zero attached hydrogens (tertiary/aromatic N) is 1. The molecule has 0 spiro atoms. The Morgan fingerprint density at radius 1 is 1.04 bits per heavy atom. The SMILES string of the molecule is CCCOC1(OCCC)C[C@H](N2C(=O)C=CC2=O)c2ccccc21. The molecule has 0 bridgehead atoms. The maximum atomic E-state index is 12.2. The number of rotatable bonds is 7. The van der Waals surface area contributed by atoms with Gasteiger partial charge < -0.3 is 9.47 Å². The second-order valence-corrected chi connectivity index (χ2v) is 6.14. The minimum absolute atomic E-state index is 0.276.